The molecule has 1 aliphatic rings. The average molecular weight is 430 g/mol. The van der Waals surface area contributed by atoms with Crippen LogP contribution in [0.3, 0.4) is 0 Å². The van der Waals surface area contributed by atoms with Gasteiger partial charge < -0.3 is 19.5 Å². The van der Waals surface area contributed by atoms with Crippen molar-refractivity contribution < 1.29 is 18.6 Å². The van der Waals surface area contributed by atoms with E-state index in [1.54, 1.807) is 18.2 Å². The number of benzene rings is 3. The lowest BCUT2D eigenvalue weighted by Gasteiger charge is -2.14. The third kappa shape index (κ3) is 4.17. The van der Waals surface area contributed by atoms with Crippen LogP contribution in [0.5, 0.6) is 17.2 Å². The summed E-state index contributed by atoms with van der Waals surface area (Å²) in [5.74, 6) is 1.91. The van der Waals surface area contributed by atoms with E-state index in [-0.39, 0.29) is 19.2 Å². The van der Waals surface area contributed by atoms with Gasteiger partial charge in [-0.25, -0.2) is 4.39 Å². The van der Waals surface area contributed by atoms with E-state index in [2.05, 4.69) is 21.2 Å². The molecule has 138 valence electrons. The summed E-state index contributed by atoms with van der Waals surface area (Å²) in [6.07, 6.45) is 0. The second-order valence-electron chi connectivity index (χ2n) is 6.05. The zero-order chi connectivity index (χ0) is 18.6. The largest absolute Gasteiger partial charge is 0.488 e. The van der Waals surface area contributed by atoms with Crippen molar-refractivity contribution >= 4 is 21.6 Å². The molecule has 3 aromatic rings. The normalized spacial score (nSPS) is 12.1. The molecule has 3 aromatic carbocycles. The number of nitrogens with one attached hydrogen (secondary N) is 1. The summed E-state index contributed by atoms with van der Waals surface area (Å²) in [7, 11) is 0. The van der Waals surface area contributed by atoms with Gasteiger partial charge in [-0.15, -0.1) is 0 Å². The van der Waals surface area contributed by atoms with E-state index in [9.17, 15) is 4.39 Å². The van der Waals surface area contributed by atoms with E-state index < -0.39 is 0 Å². The highest BCUT2D eigenvalue weighted by Gasteiger charge is 2.13. The summed E-state index contributed by atoms with van der Waals surface area (Å²) in [4.78, 5) is 0. The Morgan fingerprint density at radius 2 is 1.81 bits per heavy atom. The van der Waals surface area contributed by atoms with Crippen LogP contribution in [-0.4, -0.2) is 6.79 Å². The molecule has 0 aromatic heterocycles. The van der Waals surface area contributed by atoms with Crippen molar-refractivity contribution in [3.63, 3.8) is 0 Å². The quantitative estimate of drug-likeness (QED) is 0.560. The maximum atomic E-state index is 13.8. The molecular formula is C21H17BrFNO3. The second-order valence-corrected chi connectivity index (χ2v) is 6.97. The van der Waals surface area contributed by atoms with Crippen LogP contribution in [0.1, 0.15) is 11.1 Å². The fraction of sp³-hybridized carbons (Fsp3) is 0.143. The van der Waals surface area contributed by atoms with Crippen LogP contribution >= 0.6 is 15.9 Å². The summed E-state index contributed by atoms with van der Waals surface area (Å²) < 4.78 is 31.4. The van der Waals surface area contributed by atoms with E-state index >= 15 is 0 Å². The van der Waals surface area contributed by atoms with Crippen molar-refractivity contribution in [3.05, 3.63) is 82.1 Å². The van der Waals surface area contributed by atoms with E-state index in [0.29, 0.717) is 17.9 Å². The van der Waals surface area contributed by atoms with Crippen LogP contribution in [0.2, 0.25) is 0 Å². The van der Waals surface area contributed by atoms with Crippen LogP contribution in [-0.2, 0) is 13.2 Å². The van der Waals surface area contributed by atoms with Gasteiger partial charge in [0.1, 0.15) is 18.2 Å². The summed E-state index contributed by atoms with van der Waals surface area (Å²) in [5, 5.41) is 3.36. The van der Waals surface area contributed by atoms with Gasteiger partial charge in [-0.3, -0.25) is 0 Å². The fourth-order valence-corrected chi connectivity index (χ4v) is 3.21. The minimum absolute atomic E-state index is 0.172. The highest BCUT2D eigenvalue weighted by molar-refractivity contribution is 9.10. The predicted molar refractivity (Wildman–Crippen MR) is 105 cm³/mol. The molecule has 4 rings (SSSR count). The maximum Gasteiger partial charge on any atom is 0.231 e. The molecule has 6 heteroatoms. The van der Waals surface area contributed by atoms with Crippen molar-refractivity contribution in [2.24, 2.45) is 0 Å². The lowest BCUT2D eigenvalue weighted by atomic mass is 10.2. The highest BCUT2D eigenvalue weighted by atomic mass is 79.9. The summed E-state index contributed by atoms with van der Waals surface area (Å²) >= 11 is 3.49. The van der Waals surface area contributed by atoms with Gasteiger partial charge in [0, 0.05) is 33.9 Å². The van der Waals surface area contributed by atoms with E-state index in [1.807, 2.05) is 36.4 Å². The van der Waals surface area contributed by atoms with Crippen molar-refractivity contribution in [2.75, 3.05) is 12.1 Å². The first-order chi connectivity index (χ1) is 13.2. The molecule has 0 unspecified atom stereocenters. The molecule has 0 fully saturated rings. The lowest BCUT2D eigenvalue weighted by molar-refractivity contribution is 0.174. The molecule has 0 atom stereocenters. The Kier molecular flexibility index (Phi) is 5.16. The molecule has 0 bridgehead atoms. The van der Waals surface area contributed by atoms with Gasteiger partial charge in [0.15, 0.2) is 11.5 Å². The van der Waals surface area contributed by atoms with Gasteiger partial charge in [-0.1, -0.05) is 34.1 Å². The van der Waals surface area contributed by atoms with Crippen molar-refractivity contribution in [2.45, 2.75) is 13.2 Å². The van der Waals surface area contributed by atoms with E-state index in [0.717, 1.165) is 27.2 Å². The Hall–Kier alpha value is -2.73. The topological polar surface area (TPSA) is 39.7 Å². The second kappa shape index (κ2) is 7.88. The number of hydrogen-bond donors (Lipinski definition) is 1. The predicted octanol–water partition coefficient (Wildman–Crippen LogP) is 5.51. The molecule has 27 heavy (non-hydrogen) atoms. The first-order valence-corrected chi connectivity index (χ1v) is 9.26. The van der Waals surface area contributed by atoms with Gasteiger partial charge in [0.25, 0.3) is 0 Å². The Bertz CT molecular complexity index is 964. The highest BCUT2D eigenvalue weighted by Crippen LogP contribution is 2.34. The van der Waals surface area contributed by atoms with Crippen LogP contribution in [0.4, 0.5) is 10.1 Å². The summed E-state index contributed by atoms with van der Waals surface area (Å²) in [6, 6.07) is 18.1. The number of rotatable bonds is 6. The zero-order valence-electron chi connectivity index (χ0n) is 14.4. The fourth-order valence-electron chi connectivity index (χ4n) is 2.80. The minimum Gasteiger partial charge on any atom is -0.488 e. The van der Waals surface area contributed by atoms with Gasteiger partial charge in [0.2, 0.25) is 6.79 Å². The molecule has 4 nitrogen and oxygen atoms in total. The van der Waals surface area contributed by atoms with Gasteiger partial charge in [0.05, 0.1) is 0 Å². The number of fused-ring (bicyclic) bond motifs is 1. The van der Waals surface area contributed by atoms with Crippen LogP contribution < -0.4 is 19.5 Å². The standard InChI is InChI=1S/C21H17BrFNO3/c22-16-5-7-19(25-12-14-3-1-2-4-18(14)23)15(9-16)11-24-17-6-8-20-21(10-17)27-13-26-20/h1-10,24H,11-13H2. The Morgan fingerprint density at radius 3 is 2.70 bits per heavy atom. The first-order valence-electron chi connectivity index (χ1n) is 8.47. The monoisotopic (exact) mass is 429 g/mol. The van der Waals surface area contributed by atoms with Crippen molar-refractivity contribution in [1.29, 1.82) is 0 Å². The SMILES string of the molecule is Fc1ccccc1COc1ccc(Br)cc1CNc1ccc2c(c1)OCO2. The first kappa shape index (κ1) is 17.7. The third-order valence-corrected chi connectivity index (χ3v) is 4.71. The van der Waals surface area contributed by atoms with Gasteiger partial charge in [-0.05, 0) is 36.4 Å². The van der Waals surface area contributed by atoms with E-state index in [1.165, 1.54) is 6.07 Å². The molecule has 0 saturated carbocycles. The molecule has 1 aliphatic heterocycles. The van der Waals surface area contributed by atoms with Crippen LogP contribution in [0.15, 0.2) is 65.1 Å². The molecular weight excluding hydrogens is 413 g/mol. The van der Waals surface area contributed by atoms with Gasteiger partial charge >= 0.3 is 0 Å². The van der Waals surface area contributed by atoms with Crippen LogP contribution in [0, 0.1) is 5.82 Å². The number of hydrogen-bond acceptors (Lipinski definition) is 4. The Morgan fingerprint density at radius 1 is 0.963 bits per heavy atom. The molecule has 0 aliphatic carbocycles. The number of ether oxygens (including phenoxy) is 3. The molecule has 0 spiro atoms. The van der Waals surface area contributed by atoms with Crippen molar-refractivity contribution in [1.82, 2.24) is 0 Å². The average Bonchev–Trinajstić information content (AvgIpc) is 3.14. The lowest BCUT2D eigenvalue weighted by Crippen LogP contribution is -2.04. The van der Waals surface area contributed by atoms with Crippen LogP contribution in [0.25, 0.3) is 0 Å². The molecule has 0 saturated heterocycles. The maximum absolute atomic E-state index is 13.8. The number of anilines is 1. The molecule has 0 radical (unpaired) electrons. The van der Waals surface area contributed by atoms with Gasteiger partial charge in [-0.2, -0.15) is 0 Å². The smallest absolute Gasteiger partial charge is 0.231 e. The number of halogens is 2. The zero-order valence-corrected chi connectivity index (χ0v) is 16.0. The Labute approximate surface area is 165 Å². The third-order valence-electron chi connectivity index (χ3n) is 4.22. The van der Waals surface area contributed by atoms with E-state index in [4.69, 9.17) is 14.2 Å². The molecule has 1 heterocycles. The summed E-state index contributed by atoms with van der Waals surface area (Å²) in [5.41, 5.74) is 2.40. The minimum atomic E-state index is -0.269. The molecule has 1 N–H and O–H groups in total. The molecule has 0 amide bonds. The Balaban J connectivity index is 1.47. The summed E-state index contributed by atoms with van der Waals surface area (Å²) in [6.45, 7) is 0.968. The van der Waals surface area contributed by atoms with Crippen molar-refractivity contribution in [3.8, 4) is 17.2 Å².